The van der Waals surface area contributed by atoms with E-state index in [1.165, 1.54) is 0 Å². The summed E-state index contributed by atoms with van der Waals surface area (Å²) in [4.78, 5) is 37.4. The number of carbonyl (C=O) groups is 3. The summed E-state index contributed by atoms with van der Waals surface area (Å²) in [7, 11) is 0. The molecule has 55 heavy (non-hydrogen) atoms. The van der Waals surface area contributed by atoms with Crippen molar-refractivity contribution in [2.24, 2.45) is 0 Å². The smallest absolute Gasteiger partial charge is 0.310 e. The Balaban J connectivity index is 4.57. The SMILES string of the molecule is CC\C=C/C=C\C=C/C=C\C=C\C=C/C=C\CCCCCC(=O)OCC(COC(=O)CCCC/C=C\C/C=C\CC)OC(=O)C/C=C\C/C=C\C/C=C\CC. The van der Waals surface area contributed by atoms with Gasteiger partial charge in [-0.25, -0.2) is 0 Å². The zero-order valence-corrected chi connectivity index (χ0v) is 34.1. The van der Waals surface area contributed by atoms with Crippen LogP contribution in [0.1, 0.15) is 124 Å². The van der Waals surface area contributed by atoms with E-state index in [1.807, 2.05) is 85.1 Å². The Kier molecular flexibility index (Phi) is 38.4. The molecule has 0 aromatic rings. The average Bonchev–Trinajstić information content (AvgIpc) is 3.18. The summed E-state index contributed by atoms with van der Waals surface area (Å²) in [6.07, 6.45) is 60.2. The Morgan fingerprint density at radius 2 is 0.800 bits per heavy atom. The fraction of sp³-hybridized carbons (Fsp3) is 0.449. The van der Waals surface area contributed by atoms with E-state index < -0.39 is 12.1 Å². The molecular formula is C49H70O6. The van der Waals surface area contributed by atoms with Gasteiger partial charge in [0.1, 0.15) is 13.2 Å². The lowest BCUT2D eigenvalue weighted by Crippen LogP contribution is -2.30. The molecule has 0 aromatic heterocycles. The van der Waals surface area contributed by atoms with Crippen molar-refractivity contribution in [3.05, 3.63) is 146 Å². The van der Waals surface area contributed by atoms with Crippen molar-refractivity contribution in [3.63, 3.8) is 0 Å². The Labute approximate surface area is 334 Å². The van der Waals surface area contributed by atoms with Crippen molar-refractivity contribution in [2.75, 3.05) is 13.2 Å². The van der Waals surface area contributed by atoms with Crippen molar-refractivity contribution in [1.82, 2.24) is 0 Å². The molecule has 1 atom stereocenters. The number of rotatable bonds is 33. The summed E-state index contributed by atoms with van der Waals surface area (Å²) < 4.78 is 16.4. The van der Waals surface area contributed by atoms with Gasteiger partial charge in [-0.2, -0.15) is 0 Å². The summed E-state index contributed by atoms with van der Waals surface area (Å²) in [5.74, 6) is -1.18. The van der Waals surface area contributed by atoms with Crippen LogP contribution in [0.15, 0.2) is 146 Å². The van der Waals surface area contributed by atoms with Crippen LogP contribution in [0.3, 0.4) is 0 Å². The molecule has 0 aliphatic heterocycles. The summed E-state index contributed by atoms with van der Waals surface area (Å²) in [6.45, 7) is 6.02. The van der Waals surface area contributed by atoms with Gasteiger partial charge in [0.25, 0.3) is 0 Å². The highest BCUT2D eigenvalue weighted by atomic mass is 16.6. The van der Waals surface area contributed by atoms with Gasteiger partial charge in [0.05, 0.1) is 6.42 Å². The zero-order valence-electron chi connectivity index (χ0n) is 34.1. The van der Waals surface area contributed by atoms with Crippen molar-refractivity contribution < 1.29 is 28.6 Å². The Morgan fingerprint density at radius 3 is 1.33 bits per heavy atom. The van der Waals surface area contributed by atoms with Crippen LogP contribution in [-0.4, -0.2) is 37.2 Å². The van der Waals surface area contributed by atoms with Gasteiger partial charge in [0.15, 0.2) is 6.10 Å². The summed E-state index contributed by atoms with van der Waals surface area (Å²) >= 11 is 0. The van der Waals surface area contributed by atoms with E-state index in [4.69, 9.17) is 14.2 Å². The lowest BCUT2D eigenvalue weighted by molar-refractivity contribution is -0.166. The first-order valence-corrected chi connectivity index (χ1v) is 20.4. The van der Waals surface area contributed by atoms with E-state index in [1.54, 1.807) is 6.08 Å². The van der Waals surface area contributed by atoms with Gasteiger partial charge < -0.3 is 14.2 Å². The molecule has 6 nitrogen and oxygen atoms in total. The molecule has 1 unspecified atom stereocenters. The third kappa shape index (κ3) is 40.3. The van der Waals surface area contributed by atoms with Crippen LogP contribution in [-0.2, 0) is 28.6 Å². The van der Waals surface area contributed by atoms with Gasteiger partial charge in [-0.05, 0) is 77.0 Å². The molecule has 0 rings (SSSR count). The van der Waals surface area contributed by atoms with E-state index in [9.17, 15) is 14.4 Å². The van der Waals surface area contributed by atoms with Crippen LogP contribution in [0, 0.1) is 0 Å². The predicted molar refractivity (Wildman–Crippen MR) is 232 cm³/mol. The average molecular weight is 755 g/mol. The number of hydrogen-bond acceptors (Lipinski definition) is 6. The Bertz CT molecular complexity index is 1330. The van der Waals surface area contributed by atoms with E-state index in [0.29, 0.717) is 12.8 Å². The standard InChI is InChI=1S/C49H70O6/c1-4-7-10-13-16-19-20-21-22-23-24-25-26-27-28-31-33-36-39-42-48(51)54-45-46(55-49(52)43-40-37-34-30-18-15-12-9-6-3)44-53-47(50)41-38-35-32-29-17-14-11-8-5-2/h7-13,16-30,37,40,46H,4-6,14-15,31-36,38-39,41-45H2,1-3H3/b10-7-,11-8-,12-9-,16-13-,20-19-,22-21-,24-23+,26-25-,28-27-,29-17-,30-18-,40-37-. The lowest BCUT2D eigenvalue weighted by Gasteiger charge is -2.18. The van der Waals surface area contributed by atoms with Crippen LogP contribution in [0.4, 0.5) is 0 Å². The first kappa shape index (κ1) is 50.3. The van der Waals surface area contributed by atoms with Gasteiger partial charge in [0.2, 0.25) is 0 Å². The molecule has 6 heteroatoms. The molecule has 0 N–H and O–H groups in total. The number of carbonyl (C=O) groups excluding carboxylic acids is 3. The summed E-state index contributed by atoms with van der Waals surface area (Å²) in [6, 6.07) is 0. The van der Waals surface area contributed by atoms with Crippen LogP contribution in [0.2, 0.25) is 0 Å². The fourth-order valence-corrected chi connectivity index (χ4v) is 4.58. The van der Waals surface area contributed by atoms with Gasteiger partial charge in [-0.15, -0.1) is 0 Å². The molecule has 0 aromatic carbocycles. The van der Waals surface area contributed by atoms with Gasteiger partial charge in [-0.3, -0.25) is 14.4 Å². The normalized spacial score (nSPS) is 13.6. The molecule has 0 saturated carbocycles. The number of unbranched alkanes of at least 4 members (excludes halogenated alkanes) is 5. The molecule has 302 valence electrons. The van der Waals surface area contributed by atoms with Crippen LogP contribution >= 0.6 is 0 Å². The molecule has 0 radical (unpaired) electrons. The first-order valence-electron chi connectivity index (χ1n) is 20.4. The predicted octanol–water partition coefficient (Wildman–Crippen LogP) is 13.0. The molecule has 0 fully saturated rings. The first-order chi connectivity index (χ1) is 27.0. The fourth-order valence-electron chi connectivity index (χ4n) is 4.58. The molecule has 0 bridgehead atoms. The second-order valence-corrected chi connectivity index (χ2v) is 12.6. The van der Waals surface area contributed by atoms with Crippen LogP contribution in [0.25, 0.3) is 0 Å². The minimum atomic E-state index is -0.862. The van der Waals surface area contributed by atoms with Gasteiger partial charge in [-0.1, -0.05) is 173 Å². The highest BCUT2D eigenvalue weighted by Gasteiger charge is 2.19. The van der Waals surface area contributed by atoms with E-state index in [2.05, 4.69) is 75.5 Å². The van der Waals surface area contributed by atoms with E-state index in [-0.39, 0.29) is 44.4 Å². The third-order valence-corrected chi connectivity index (χ3v) is 7.55. The minimum absolute atomic E-state index is 0.0792. The third-order valence-electron chi connectivity index (χ3n) is 7.55. The second kappa shape index (κ2) is 42.0. The zero-order chi connectivity index (χ0) is 40.1. The van der Waals surface area contributed by atoms with Crippen molar-refractivity contribution in [2.45, 2.75) is 130 Å². The van der Waals surface area contributed by atoms with E-state index in [0.717, 1.165) is 70.6 Å². The highest BCUT2D eigenvalue weighted by Crippen LogP contribution is 2.08. The molecule has 0 spiro atoms. The van der Waals surface area contributed by atoms with Crippen molar-refractivity contribution in [3.8, 4) is 0 Å². The van der Waals surface area contributed by atoms with Crippen molar-refractivity contribution >= 4 is 17.9 Å². The number of hydrogen-bond donors (Lipinski definition) is 0. The van der Waals surface area contributed by atoms with Gasteiger partial charge in [0, 0.05) is 12.8 Å². The summed E-state index contributed by atoms with van der Waals surface area (Å²) in [5.41, 5.74) is 0. The maximum atomic E-state index is 12.6. The van der Waals surface area contributed by atoms with Gasteiger partial charge >= 0.3 is 17.9 Å². The molecule has 0 aliphatic rings. The van der Waals surface area contributed by atoms with Crippen LogP contribution in [0.5, 0.6) is 0 Å². The number of ether oxygens (including phenoxy) is 3. The second-order valence-electron chi connectivity index (χ2n) is 12.6. The quantitative estimate of drug-likeness (QED) is 0.0218. The molecule has 0 amide bonds. The van der Waals surface area contributed by atoms with E-state index >= 15 is 0 Å². The molecule has 0 saturated heterocycles. The molecular weight excluding hydrogens is 685 g/mol. The maximum Gasteiger partial charge on any atom is 0.310 e. The lowest BCUT2D eigenvalue weighted by atomic mass is 10.1. The topological polar surface area (TPSA) is 78.9 Å². The Morgan fingerprint density at radius 1 is 0.400 bits per heavy atom. The summed E-state index contributed by atoms with van der Waals surface area (Å²) in [5, 5.41) is 0. The number of allylic oxidation sites excluding steroid dienone is 23. The monoisotopic (exact) mass is 755 g/mol. The Hall–Kier alpha value is -4.71. The highest BCUT2D eigenvalue weighted by molar-refractivity contribution is 5.72. The maximum absolute atomic E-state index is 12.6. The van der Waals surface area contributed by atoms with Crippen molar-refractivity contribution in [1.29, 1.82) is 0 Å². The largest absolute Gasteiger partial charge is 0.462 e. The number of esters is 3. The molecule has 0 heterocycles. The van der Waals surface area contributed by atoms with Crippen LogP contribution < -0.4 is 0 Å². The minimum Gasteiger partial charge on any atom is -0.462 e. The molecule has 0 aliphatic carbocycles.